The first-order valence-corrected chi connectivity index (χ1v) is 16.0. The van der Waals surface area contributed by atoms with Crippen LogP contribution in [0.5, 0.6) is 0 Å². The second-order valence-electron chi connectivity index (χ2n) is 11.9. The molecule has 9 rings (SSSR count). The predicted octanol–water partition coefficient (Wildman–Crippen LogP) is 10.3. The summed E-state index contributed by atoms with van der Waals surface area (Å²) < 4.78 is 13.0. The lowest BCUT2D eigenvalue weighted by molar-refractivity contribution is 0.636. The molecular formula is C42H30N4O2. The van der Waals surface area contributed by atoms with E-state index in [4.69, 9.17) is 24.6 Å². The Labute approximate surface area is 276 Å². The van der Waals surface area contributed by atoms with Crippen molar-refractivity contribution in [3.63, 3.8) is 0 Å². The van der Waals surface area contributed by atoms with Gasteiger partial charge in [0.1, 0.15) is 28.8 Å². The number of benzene rings is 6. The van der Waals surface area contributed by atoms with E-state index in [1.165, 1.54) is 5.39 Å². The van der Waals surface area contributed by atoms with Gasteiger partial charge in [0, 0.05) is 38.4 Å². The summed E-state index contributed by atoms with van der Waals surface area (Å²) >= 11 is 0. The van der Waals surface area contributed by atoms with Gasteiger partial charge in [0.15, 0.2) is 11.7 Å². The molecule has 6 aromatic carbocycles. The first-order valence-electron chi connectivity index (χ1n) is 16.0. The number of anilines is 1. The van der Waals surface area contributed by atoms with E-state index in [0.717, 1.165) is 66.1 Å². The Kier molecular flexibility index (Phi) is 6.47. The lowest BCUT2D eigenvalue weighted by Crippen LogP contribution is -2.33. The van der Waals surface area contributed by atoms with Crippen LogP contribution in [-0.4, -0.2) is 11.7 Å². The minimum Gasteiger partial charge on any atom is -0.455 e. The highest BCUT2D eigenvalue weighted by molar-refractivity contribution is 6.31. The molecule has 0 spiro atoms. The van der Waals surface area contributed by atoms with E-state index in [0.29, 0.717) is 23.1 Å². The number of nitrogens with two attached hydrogens (primary N) is 1. The molecule has 0 aliphatic carbocycles. The maximum absolute atomic E-state index is 6.76. The second kappa shape index (κ2) is 11.1. The van der Waals surface area contributed by atoms with Crippen molar-refractivity contribution in [2.75, 3.05) is 5.73 Å². The Morgan fingerprint density at radius 1 is 0.688 bits per heavy atom. The molecule has 6 heteroatoms. The zero-order valence-corrected chi connectivity index (χ0v) is 26.1. The molecule has 0 radical (unpaired) electrons. The number of nitrogens with zero attached hydrogens (tertiary/aromatic N) is 2. The van der Waals surface area contributed by atoms with Gasteiger partial charge >= 0.3 is 0 Å². The van der Waals surface area contributed by atoms with Crippen LogP contribution >= 0.6 is 0 Å². The van der Waals surface area contributed by atoms with Gasteiger partial charge in [-0.05, 0) is 35.4 Å². The fourth-order valence-electron chi connectivity index (χ4n) is 6.83. The van der Waals surface area contributed by atoms with Crippen LogP contribution in [0.4, 0.5) is 5.88 Å². The van der Waals surface area contributed by atoms with Gasteiger partial charge in [-0.25, -0.2) is 9.98 Å². The first kappa shape index (κ1) is 27.9. The number of rotatable bonds is 5. The van der Waals surface area contributed by atoms with Crippen LogP contribution < -0.4 is 11.1 Å². The molecule has 230 valence electrons. The summed E-state index contributed by atoms with van der Waals surface area (Å²) in [7, 11) is 0. The van der Waals surface area contributed by atoms with E-state index >= 15 is 0 Å². The standard InChI is InChI=1S/C42H30N4O2/c1-2-29(42-45-40(25-13-5-3-6-14-25)44-41(46-42)26-15-7-4-8-16-26)36-33-22-12-20-31(38(33)48-39(36)43)30-19-11-21-32-34-23-27-17-9-10-18-28(27)24-35(34)47-37(30)32/h2-24,40H,43H2,1H3,(H,44,45,46)/b29-2+. The normalized spacial score (nSPS) is 15.2. The van der Waals surface area contributed by atoms with Crippen LogP contribution in [0, 0.1) is 0 Å². The highest BCUT2D eigenvalue weighted by Crippen LogP contribution is 2.43. The van der Waals surface area contributed by atoms with Crippen molar-refractivity contribution in [2.45, 2.75) is 13.1 Å². The fourth-order valence-corrected chi connectivity index (χ4v) is 6.83. The summed E-state index contributed by atoms with van der Waals surface area (Å²) in [5, 5.41) is 8.93. The Morgan fingerprint density at radius 2 is 1.33 bits per heavy atom. The van der Waals surface area contributed by atoms with Crippen LogP contribution in [-0.2, 0) is 0 Å². The van der Waals surface area contributed by atoms with E-state index in [1.54, 1.807) is 0 Å². The Balaban J connectivity index is 1.19. The van der Waals surface area contributed by atoms with Crippen LogP contribution in [0.2, 0.25) is 0 Å². The molecule has 8 aromatic rings. The minimum atomic E-state index is -0.332. The molecule has 0 saturated carbocycles. The summed E-state index contributed by atoms with van der Waals surface area (Å²) in [4.78, 5) is 10.0. The number of aliphatic imine (C=N–C) groups is 2. The van der Waals surface area contributed by atoms with Gasteiger partial charge in [-0.3, -0.25) is 0 Å². The van der Waals surface area contributed by atoms with Crippen molar-refractivity contribution in [2.24, 2.45) is 9.98 Å². The Morgan fingerprint density at radius 3 is 2.06 bits per heavy atom. The largest absolute Gasteiger partial charge is 0.455 e. The molecule has 0 fully saturated rings. The van der Waals surface area contributed by atoms with Crippen LogP contribution in [0.1, 0.15) is 29.8 Å². The molecule has 1 unspecified atom stereocenters. The third-order valence-corrected chi connectivity index (χ3v) is 9.10. The smallest absolute Gasteiger partial charge is 0.199 e. The minimum absolute atomic E-state index is 0.318. The molecule has 0 amide bonds. The van der Waals surface area contributed by atoms with E-state index in [9.17, 15) is 0 Å². The molecule has 1 aliphatic rings. The Bertz CT molecular complexity index is 2610. The van der Waals surface area contributed by atoms with Crippen LogP contribution in [0.15, 0.2) is 158 Å². The molecule has 48 heavy (non-hydrogen) atoms. The number of nitrogens with one attached hydrogen (secondary N) is 1. The van der Waals surface area contributed by atoms with Gasteiger partial charge in [0.05, 0.1) is 5.56 Å². The average molecular weight is 623 g/mol. The number of furan rings is 2. The molecule has 3 N–H and O–H groups in total. The van der Waals surface area contributed by atoms with Crippen LogP contribution in [0.25, 0.3) is 60.4 Å². The summed E-state index contributed by atoms with van der Waals surface area (Å²) in [6.45, 7) is 1.99. The fraction of sp³-hybridized carbons (Fsp3) is 0.0476. The third kappa shape index (κ3) is 4.49. The lowest BCUT2D eigenvalue weighted by Gasteiger charge is -2.24. The molecular weight excluding hydrogens is 592 g/mol. The maximum Gasteiger partial charge on any atom is 0.199 e. The summed E-state index contributed by atoms with van der Waals surface area (Å²) in [6.07, 6.45) is 1.70. The maximum atomic E-state index is 6.76. The Hall–Kier alpha value is -6.40. The quantitative estimate of drug-likeness (QED) is 0.200. The average Bonchev–Trinajstić information content (AvgIpc) is 3.68. The van der Waals surface area contributed by atoms with E-state index in [2.05, 4.69) is 72.0 Å². The summed E-state index contributed by atoms with van der Waals surface area (Å²) in [6, 6.07) is 45.3. The molecule has 1 aliphatic heterocycles. The van der Waals surface area contributed by atoms with Crippen LogP contribution in [0.3, 0.4) is 0 Å². The number of para-hydroxylation sites is 2. The van der Waals surface area contributed by atoms with Gasteiger partial charge in [-0.1, -0.05) is 127 Å². The van der Waals surface area contributed by atoms with Gasteiger partial charge < -0.3 is 19.9 Å². The van der Waals surface area contributed by atoms with Crippen molar-refractivity contribution in [3.8, 4) is 11.1 Å². The highest BCUT2D eigenvalue weighted by atomic mass is 16.3. The van der Waals surface area contributed by atoms with E-state index < -0.39 is 0 Å². The monoisotopic (exact) mass is 622 g/mol. The molecule has 3 heterocycles. The van der Waals surface area contributed by atoms with Crippen molar-refractivity contribution in [1.29, 1.82) is 0 Å². The van der Waals surface area contributed by atoms with Crippen molar-refractivity contribution >= 4 is 66.8 Å². The molecule has 0 bridgehead atoms. The number of allylic oxidation sites excluding steroid dienone is 1. The number of nitrogen functional groups attached to an aromatic ring is 1. The zero-order chi connectivity index (χ0) is 32.2. The zero-order valence-electron chi connectivity index (χ0n) is 26.1. The summed E-state index contributed by atoms with van der Waals surface area (Å²) in [5.74, 6) is 1.64. The predicted molar refractivity (Wildman–Crippen MR) is 197 cm³/mol. The SMILES string of the molecule is C/C=C(/C1=NC(c2ccccc2)=NC(c2ccccc2)N1)c1c(N)oc2c(-c3cccc4c3oc3cc5ccccc5cc34)cccc12. The van der Waals surface area contributed by atoms with E-state index in [-0.39, 0.29) is 6.17 Å². The lowest BCUT2D eigenvalue weighted by atomic mass is 9.96. The molecule has 6 nitrogen and oxygen atoms in total. The van der Waals surface area contributed by atoms with Gasteiger partial charge in [0.25, 0.3) is 0 Å². The number of hydrogen-bond acceptors (Lipinski definition) is 6. The molecule has 1 atom stereocenters. The topological polar surface area (TPSA) is 89.0 Å². The number of amidine groups is 2. The highest BCUT2D eigenvalue weighted by Gasteiger charge is 2.27. The number of hydrogen-bond donors (Lipinski definition) is 2. The molecule has 2 aromatic heterocycles. The van der Waals surface area contributed by atoms with E-state index in [1.807, 2.05) is 79.7 Å². The first-order chi connectivity index (χ1) is 23.7. The second-order valence-corrected chi connectivity index (χ2v) is 11.9. The van der Waals surface area contributed by atoms with Crippen molar-refractivity contribution < 1.29 is 8.83 Å². The van der Waals surface area contributed by atoms with Gasteiger partial charge in [-0.15, -0.1) is 0 Å². The summed E-state index contributed by atoms with van der Waals surface area (Å²) in [5.41, 5.74) is 14.5. The van der Waals surface area contributed by atoms with Gasteiger partial charge in [-0.2, -0.15) is 0 Å². The molecule has 0 saturated heterocycles. The van der Waals surface area contributed by atoms with Crippen molar-refractivity contribution in [3.05, 3.63) is 156 Å². The number of fused-ring (bicyclic) bond motifs is 5. The van der Waals surface area contributed by atoms with Crippen molar-refractivity contribution in [1.82, 2.24) is 5.32 Å². The third-order valence-electron chi connectivity index (χ3n) is 9.10. The van der Waals surface area contributed by atoms with Gasteiger partial charge in [0.2, 0.25) is 0 Å².